The molecule has 1 N–H and O–H groups in total. The fourth-order valence-electron chi connectivity index (χ4n) is 3.92. The Morgan fingerprint density at radius 2 is 1.42 bits per heavy atom. The Morgan fingerprint density at radius 1 is 0.879 bits per heavy atom. The molecule has 2 aromatic rings. The van der Waals surface area contributed by atoms with E-state index in [4.69, 9.17) is 14.2 Å². The van der Waals surface area contributed by atoms with Gasteiger partial charge in [0.05, 0.1) is 24.5 Å². The SMILES string of the molecule is CCOC(=O)/C=C/[C@@H]1[C@H](C(=O)OCc2ccccc2)[C@H](C(=O)OCc2ccccc2)C[C@H]1O. The average Bonchev–Trinajstić information content (AvgIpc) is 3.17. The highest BCUT2D eigenvalue weighted by Crippen LogP contribution is 2.40. The van der Waals surface area contributed by atoms with Crippen LogP contribution >= 0.6 is 0 Å². The van der Waals surface area contributed by atoms with E-state index in [9.17, 15) is 19.5 Å². The van der Waals surface area contributed by atoms with Crippen LogP contribution in [0.15, 0.2) is 72.8 Å². The fraction of sp³-hybridized carbons (Fsp3) is 0.346. The number of hydrogen-bond acceptors (Lipinski definition) is 7. The lowest BCUT2D eigenvalue weighted by Crippen LogP contribution is -2.32. The molecule has 0 radical (unpaired) electrons. The molecule has 1 saturated carbocycles. The van der Waals surface area contributed by atoms with Crippen LogP contribution in [0.4, 0.5) is 0 Å². The maximum Gasteiger partial charge on any atom is 0.330 e. The molecule has 2 aromatic carbocycles. The van der Waals surface area contributed by atoms with Crippen LogP contribution in [0.25, 0.3) is 0 Å². The first kappa shape index (κ1) is 24.2. The Morgan fingerprint density at radius 3 is 1.97 bits per heavy atom. The number of carbonyl (C=O) groups excluding carboxylic acids is 3. The van der Waals surface area contributed by atoms with Gasteiger partial charge in [-0.25, -0.2) is 4.79 Å². The zero-order chi connectivity index (χ0) is 23.6. The Bertz CT molecular complexity index is 955. The topological polar surface area (TPSA) is 99.1 Å². The van der Waals surface area contributed by atoms with E-state index in [0.717, 1.165) is 11.1 Å². The molecule has 1 aliphatic rings. The van der Waals surface area contributed by atoms with Gasteiger partial charge in [0, 0.05) is 12.0 Å². The van der Waals surface area contributed by atoms with Crippen LogP contribution in [0.2, 0.25) is 0 Å². The van der Waals surface area contributed by atoms with Crippen molar-refractivity contribution in [2.24, 2.45) is 17.8 Å². The van der Waals surface area contributed by atoms with Crippen LogP contribution in [-0.4, -0.2) is 35.7 Å². The van der Waals surface area contributed by atoms with Crippen LogP contribution in [0.1, 0.15) is 24.5 Å². The van der Waals surface area contributed by atoms with Gasteiger partial charge in [0.2, 0.25) is 0 Å². The van der Waals surface area contributed by atoms with Crippen molar-refractivity contribution < 1.29 is 33.7 Å². The van der Waals surface area contributed by atoms with Crippen molar-refractivity contribution in [2.45, 2.75) is 32.7 Å². The molecule has 7 nitrogen and oxygen atoms in total. The van der Waals surface area contributed by atoms with Gasteiger partial charge in [-0.2, -0.15) is 0 Å². The Labute approximate surface area is 193 Å². The first-order valence-corrected chi connectivity index (χ1v) is 10.9. The summed E-state index contributed by atoms with van der Waals surface area (Å²) in [5.41, 5.74) is 1.61. The molecule has 0 aliphatic heterocycles. The second kappa shape index (κ2) is 12.0. The summed E-state index contributed by atoms with van der Waals surface area (Å²) in [5.74, 6) is -4.48. The smallest absolute Gasteiger partial charge is 0.330 e. The minimum absolute atomic E-state index is 0.0244. The summed E-state index contributed by atoms with van der Waals surface area (Å²) in [6.45, 7) is 1.97. The number of ether oxygens (including phenoxy) is 3. The van der Waals surface area contributed by atoms with Crippen LogP contribution in [-0.2, 0) is 41.8 Å². The molecule has 0 heterocycles. The maximum absolute atomic E-state index is 13.0. The summed E-state index contributed by atoms with van der Waals surface area (Å²) in [5, 5.41) is 10.6. The third-order valence-electron chi connectivity index (χ3n) is 5.55. The molecule has 4 atom stereocenters. The van der Waals surface area contributed by atoms with Gasteiger partial charge in [-0.05, 0) is 24.5 Å². The fourth-order valence-corrected chi connectivity index (χ4v) is 3.92. The molecule has 33 heavy (non-hydrogen) atoms. The van der Waals surface area contributed by atoms with E-state index in [1.807, 2.05) is 60.7 Å². The van der Waals surface area contributed by atoms with Crippen LogP contribution in [0, 0.1) is 17.8 Å². The van der Waals surface area contributed by atoms with Crippen LogP contribution in [0.3, 0.4) is 0 Å². The van der Waals surface area contributed by atoms with Gasteiger partial charge in [-0.3, -0.25) is 9.59 Å². The van der Waals surface area contributed by atoms with Crippen molar-refractivity contribution in [1.82, 2.24) is 0 Å². The zero-order valence-corrected chi connectivity index (χ0v) is 18.5. The van der Waals surface area contributed by atoms with Crippen molar-refractivity contribution in [3.63, 3.8) is 0 Å². The van der Waals surface area contributed by atoms with Gasteiger partial charge in [0.25, 0.3) is 0 Å². The third kappa shape index (κ3) is 6.76. The Hall–Kier alpha value is -3.45. The standard InChI is InChI=1S/C26H28O7/c1-2-31-23(28)14-13-20-22(27)15-21(25(29)32-16-18-9-5-3-6-10-18)24(20)26(30)33-17-19-11-7-4-8-12-19/h3-14,20-22,24,27H,2,15-17H2,1H3/b14-13+/t20-,21+,22+,24-/m0/s1. The molecular weight excluding hydrogens is 424 g/mol. The van der Waals surface area contributed by atoms with Gasteiger partial charge in [-0.15, -0.1) is 0 Å². The number of carbonyl (C=O) groups is 3. The molecule has 174 valence electrons. The molecule has 1 aliphatic carbocycles. The van der Waals surface area contributed by atoms with Crippen LogP contribution in [0.5, 0.6) is 0 Å². The molecule has 0 spiro atoms. The molecule has 0 amide bonds. The Balaban J connectivity index is 1.75. The van der Waals surface area contributed by atoms with Gasteiger partial charge >= 0.3 is 17.9 Å². The van der Waals surface area contributed by atoms with Crippen molar-refractivity contribution >= 4 is 17.9 Å². The number of esters is 3. The monoisotopic (exact) mass is 452 g/mol. The quantitative estimate of drug-likeness (QED) is 0.354. The zero-order valence-electron chi connectivity index (χ0n) is 18.5. The molecule has 0 bridgehead atoms. The molecule has 1 fully saturated rings. The van der Waals surface area contributed by atoms with Crippen molar-refractivity contribution in [3.8, 4) is 0 Å². The number of rotatable bonds is 9. The average molecular weight is 453 g/mol. The van der Waals surface area contributed by atoms with Gasteiger partial charge in [0.15, 0.2) is 0 Å². The molecule has 3 rings (SSSR count). The van der Waals surface area contributed by atoms with E-state index in [0.29, 0.717) is 0 Å². The van der Waals surface area contributed by atoms with Gasteiger partial charge in [-0.1, -0.05) is 66.7 Å². The molecule has 0 unspecified atom stereocenters. The summed E-state index contributed by atoms with van der Waals surface area (Å²) in [6.07, 6.45) is 1.60. The van der Waals surface area contributed by atoms with E-state index >= 15 is 0 Å². The van der Waals surface area contributed by atoms with Gasteiger partial charge in [0.1, 0.15) is 13.2 Å². The number of aliphatic hydroxyl groups is 1. The first-order valence-electron chi connectivity index (χ1n) is 10.9. The van der Waals surface area contributed by atoms with E-state index in [2.05, 4.69) is 0 Å². The second-order valence-electron chi connectivity index (χ2n) is 7.81. The summed E-state index contributed by atoms with van der Waals surface area (Å²) in [4.78, 5) is 37.7. The summed E-state index contributed by atoms with van der Waals surface area (Å²) >= 11 is 0. The largest absolute Gasteiger partial charge is 0.463 e. The summed E-state index contributed by atoms with van der Waals surface area (Å²) < 4.78 is 15.8. The minimum Gasteiger partial charge on any atom is -0.463 e. The molecule has 7 heteroatoms. The van der Waals surface area contributed by atoms with E-state index < -0.39 is 41.8 Å². The van der Waals surface area contributed by atoms with Crippen molar-refractivity contribution in [1.29, 1.82) is 0 Å². The third-order valence-corrected chi connectivity index (χ3v) is 5.55. The molecule has 0 aromatic heterocycles. The number of benzene rings is 2. The lowest BCUT2D eigenvalue weighted by Gasteiger charge is -2.21. The van der Waals surface area contributed by atoms with E-state index in [1.54, 1.807) is 6.92 Å². The van der Waals surface area contributed by atoms with Crippen molar-refractivity contribution in [3.05, 3.63) is 83.9 Å². The maximum atomic E-state index is 13.0. The van der Waals surface area contributed by atoms with Crippen molar-refractivity contribution in [2.75, 3.05) is 6.61 Å². The molecule has 0 saturated heterocycles. The summed E-state index contributed by atoms with van der Waals surface area (Å²) in [7, 11) is 0. The van der Waals surface area contributed by atoms with E-state index in [-0.39, 0.29) is 26.2 Å². The lowest BCUT2D eigenvalue weighted by atomic mass is 9.88. The minimum atomic E-state index is -1.01. The predicted molar refractivity (Wildman–Crippen MR) is 119 cm³/mol. The number of hydrogen-bond donors (Lipinski definition) is 1. The lowest BCUT2D eigenvalue weighted by molar-refractivity contribution is -0.161. The second-order valence-corrected chi connectivity index (χ2v) is 7.81. The normalized spacial score (nSPS) is 22.1. The highest BCUT2D eigenvalue weighted by Gasteiger charge is 2.50. The molecular formula is C26H28O7. The summed E-state index contributed by atoms with van der Waals surface area (Å²) in [6, 6.07) is 18.3. The Kier molecular flexibility index (Phi) is 8.78. The predicted octanol–water partition coefficient (Wildman–Crippen LogP) is 3.21. The first-order chi connectivity index (χ1) is 16.0. The number of aliphatic hydroxyl groups excluding tert-OH is 1. The van der Waals surface area contributed by atoms with Gasteiger partial charge < -0.3 is 19.3 Å². The van der Waals surface area contributed by atoms with Crippen LogP contribution < -0.4 is 0 Å². The van der Waals surface area contributed by atoms with E-state index in [1.165, 1.54) is 12.2 Å². The highest BCUT2D eigenvalue weighted by atomic mass is 16.5. The highest BCUT2D eigenvalue weighted by molar-refractivity contribution is 5.85.